The molecule has 0 saturated carbocycles. The molecule has 0 spiro atoms. The van der Waals surface area contributed by atoms with Crippen molar-refractivity contribution in [3.63, 3.8) is 0 Å². The van der Waals surface area contributed by atoms with E-state index in [1.807, 2.05) is 6.07 Å². The van der Waals surface area contributed by atoms with Gasteiger partial charge in [0.15, 0.2) is 6.10 Å². The molecule has 0 fully saturated rings. The molecule has 1 unspecified atom stereocenters. The van der Waals surface area contributed by atoms with Crippen LogP contribution in [0.1, 0.15) is 23.7 Å². The van der Waals surface area contributed by atoms with E-state index in [9.17, 15) is 9.90 Å². The van der Waals surface area contributed by atoms with Gasteiger partial charge in [-0.3, -0.25) is 0 Å². The van der Waals surface area contributed by atoms with Gasteiger partial charge in [0.1, 0.15) is 0 Å². The van der Waals surface area contributed by atoms with E-state index in [0.717, 1.165) is 5.56 Å². The van der Waals surface area contributed by atoms with Crippen molar-refractivity contribution in [2.45, 2.75) is 18.9 Å². The fourth-order valence-electron chi connectivity index (χ4n) is 1.32. The summed E-state index contributed by atoms with van der Waals surface area (Å²) in [5, 5.41) is 26.8. The van der Waals surface area contributed by atoms with Crippen molar-refractivity contribution in [1.29, 1.82) is 5.26 Å². The number of carbonyl (C=O) groups is 1. The molecule has 0 aromatic heterocycles. The zero-order valence-corrected chi connectivity index (χ0v) is 9.11. The normalized spacial score (nSPS) is 11.8. The Labute approximate surface area is 97.7 Å². The highest BCUT2D eigenvalue weighted by molar-refractivity contribution is 6.30. The molecule has 0 amide bonds. The number of aliphatic hydroxyl groups is 1. The molecule has 84 valence electrons. The van der Waals surface area contributed by atoms with E-state index in [-0.39, 0.29) is 5.56 Å². The third-order valence-electron chi connectivity index (χ3n) is 2.06. The predicted octanol–water partition coefficient (Wildman–Crippen LogP) is 1.91. The van der Waals surface area contributed by atoms with E-state index < -0.39 is 12.1 Å². The Morgan fingerprint density at radius 1 is 1.50 bits per heavy atom. The SMILES string of the molecule is N#CCCc1cc(Cl)cc(C(O)C(=O)O)c1. The molecule has 16 heavy (non-hydrogen) atoms. The van der Waals surface area contributed by atoms with Crippen molar-refractivity contribution in [1.82, 2.24) is 0 Å². The van der Waals surface area contributed by atoms with Crippen LogP contribution in [0.15, 0.2) is 18.2 Å². The number of halogens is 1. The lowest BCUT2D eigenvalue weighted by atomic mass is 10.0. The second-order valence-corrected chi connectivity index (χ2v) is 3.73. The van der Waals surface area contributed by atoms with Crippen molar-refractivity contribution in [3.05, 3.63) is 34.3 Å². The van der Waals surface area contributed by atoms with Crippen LogP contribution in [-0.4, -0.2) is 16.2 Å². The molecule has 0 radical (unpaired) electrons. The molecule has 1 rings (SSSR count). The molecular formula is C11H10ClNO3. The van der Waals surface area contributed by atoms with E-state index in [1.165, 1.54) is 6.07 Å². The number of aliphatic carboxylic acids is 1. The summed E-state index contributed by atoms with van der Waals surface area (Å²) >= 11 is 5.79. The number of aliphatic hydroxyl groups excluding tert-OH is 1. The first-order chi connectivity index (χ1) is 7.54. The first kappa shape index (κ1) is 12.5. The van der Waals surface area contributed by atoms with Crippen LogP contribution in [0.2, 0.25) is 5.02 Å². The largest absolute Gasteiger partial charge is 0.479 e. The standard InChI is InChI=1S/C11H10ClNO3/c12-9-5-7(2-1-3-13)4-8(6-9)10(14)11(15)16/h4-6,10,14H,1-2H2,(H,15,16). The second kappa shape index (κ2) is 5.50. The Morgan fingerprint density at radius 3 is 2.75 bits per heavy atom. The van der Waals surface area contributed by atoms with Crippen LogP contribution in [0.5, 0.6) is 0 Å². The minimum atomic E-state index is -1.58. The highest BCUT2D eigenvalue weighted by atomic mass is 35.5. The number of benzene rings is 1. The maximum Gasteiger partial charge on any atom is 0.337 e. The van der Waals surface area contributed by atoms with Crippen LogP contribution in [-0.2, 0) is 11.2 Å². The lowest BCUT2D eigenvalue weighted by molar-refractivity contribution is -0.146. The van der Waals surface area contributed by atoms with Gasteiger partial charge in [-0.25, -0.2) is 4.79 Å². The Morgan fingerprint density at radius 2 is 2.19 bits per heavy atom. The minimum absolute atomic E-state index is 0.230. The van der Waals surface area contributed by atoms with Gasteiger partial charge in [-0.15, -0.1) is 0 Å². The smallest absolute Gasteiger partial charge is 0.337 e. The van der Waals surface area contributed by atoms with Crippen molar-refractivity contribution in [3.8, 4) is 6.07 Å². The van der Waals surface area contributed by atoms with Crippen molar-refractivity contribution < 1.29 is 15.0 Å². The summed E-state index contributed by atoms with van der Waals surface area (Å²) in [6.07, 6.45) is -0.779. The molecule has 1 atom stereocenters. The topological polar surface area (TPSA) is 81.3 Å². The van der Waals surface area contributed by atoms with Gasteiger partial charge in [0, 0.05) is 11.4 Å². The molecule has 0 heterocycles. The van der Waals surface area contributed by atoms with Gasteiger partial charge in [0.2, 0.25) is 0 Å². The minimum Gasteiger partial charge on any atom is -0.479 e. The third-order valence-corrected chi connectivity index (χ3v) is 2.27. The quantitative estimate of drug-likeness (QED) is 0.841. The van der Waals surface area contributed by atoms with E-state index in [4.69, 9.17) is 22.0 Å². The number of carboxylic acids is 1. The average molecular weight is 240 g/mol. The fourth-order valence-corrected chi connectivity index (χ4v) is 1.59. The first-order valence-electron chi connectivity index (χ1n) is 4.62. The monoisotopic (exact) mass is 239 g/mol. The van der Waals surface area contributed by atoms with Gasteiger partial charge in [0.25, 0.3) is 0 Å². The summed E-state index contributed by atoms with van der Waals surface area (Å²) in [5.41, 5.74) is 0.970. The fraction of sp³-hybridized carbons (Fsp3) is 0.273. The number of nitrogens with zero attached hydrogens (tertiary/aromatic N) is 1. The summed E-state index contributed by atoms with van der Waals surface area (Å²) in [6.45, 7) is 0. The van der Waals surface area contributed by atoms with Crippen molar-refractivity contribution in [2.75, 3.05) is 0 Å². The zero-order valence-electron chi connectivity index (χ0n) is 8.35. The zero-order chi connectivity index (χ0) is 12.1. The molecule has 0 bridgehead atoms. The maximum atomic E-state index is 10.6. The molecule has 0 saturated heterocycles. The lowest BCUT2D eigenvalue weighted by Gasteiger charge is -2.08. The first-order valence-corrected chi connectivity index (χ1v) is 4.99. The maximum absolute atomic E-state index is 10.6. The van der Waals surface area contributed by atoms with Crippen LogP contribution in [0, 0.1) is 11.3 Å². The lowest BCUT2D eigenvalue weighted by Crippen LogP contribution is -2.10. The molecule has 2 N–H and O–H groups in total. The summed E-state index contributed by atoms with van der Waals surface area (Å²) < 4.78 is 0. The Hall–Kier alpha value is -1.57. The van der Waals surface area contributed by atoms with Crippen molar-refractivity contribution >= 4 is 17.6 Å². The third kappa shape index (κ3) is 3.23. The number of nitriles is 1. The molecule has 0 aliphatic carbocycles. The van der Waals surface area contributed by atoms with Gasteiger partial charge in [-0.2, -0.15) is 5.26 Å². The molecule has 5 heteroatoms. The van der Waals surface area contributed by atoms with Crippen LogP contribution >= 0.6 is 11.6 Å². The molecule has 0 aliphatic rings. The molecule has 0 aliphatic heterocycles. The molecule has 1 aromatic carbocycles. The predicted molar refractivity (Wildman–Crippen MR) is 58.0 cm³/mol. The number of rotatable bonds is 4. The summed E-state index contributed by atoms with van der Waals surface area (Å²) in [6, 6.07) is 6.58. The van der Waals surface area contributed by atoms with Crippen LogP contribution in [0.3, 0.4) is 0 Å². The van der Waals surface area contributed by atoms with Crippen molar-refractivity contribution in [2.24, 2.45) is 0 Å². The van der Waals surface area contributed by atoms with Gasteiger partial charge in [0.05, 0.1) is 6.07 Å². The number of carboxylic acid groups (broad SMARTS) is 1. The van der Waals surface area contributed by atoms with Crippen LogP contribution in [0.25, 0.3) is 0 Å². The molecular weight excluding hydrogens is 230 g/mol. The second-order valence-electron chi connectivity index (χ2n) is 3.29. The van der Waals surface area contributed by atoms with Gasteiger partial charge < -0.3 is 10.2 Å². The number of hydrogen-bond donors (Lipinski definition) is 2. The van der Waals surface area contributed by atoms with Crippen LogP contribution in [0.4, 0.5) is 0 Å². The Kier molecular flexibility index (Phi) is 4.29. The highest BCUT2D eigenvalue weighted by Gasteiger charge is 2.16. The molecule has 4 nitrogen and oxygen atoms in total. The van der Waals surface area contributed by atoms with Gasteiger partial charge in [-0.05, 0) is 29.7 Å². The van der Waals surface area contributed by atoms with Crippen LogP contribution < -0.4 is 0 Å². The van der Waals surface area contributed by atoms with Gasteiger partial charge in [-0.1, -0.05) is 17.7 Å². The summed E-state index contributed by atoms with van der Waals surface area (Å²) in [4.78, 5) is 10.6. The molecule has 1 aromatic rings. The van der Waals surface area contributed by atoms with Gasteiger partial charge >= 0.3 is 5.97 Å². The summed E-state index contributed by atoms with van der Waals surface area (Å²) in [7, 11) is 0. The highest BCUT2D eigenvalue weighted by Crippen LogP contribution is 2.21. The van der Waals surface area contributed by atoms with E-state index in [0.29, 0.717) is 17.9 Å². The average Bonchev–Trinajstić information content (AvgIpc) is 2.24. The Bertz CT molecular complexity index is 439. The van der Waals surface area contributed by atoms with E-state index in [1.54, 1.807) is 12.1 Å². The Balaban J connectivity index is 2.98. The van der Waals surface area contributed by atoms with E-state index >= 15 is 0 Å². The number of hydrogen-bond acceptors (Lipinski definition) is 3. The van der Waals surface area contributed by atoms with E-state index in [2.05, 4.69) is 0 Å². The number of aryl methyl sites for hydroxylation is 1. The summed E-state index contributed by atoms with van der Waals surface area (Å²) in [5.74, 6) is -1.33.